The van der Waals surface area contributed by atoms with Crippen LogP contribution in [0.3, 0.4) is 0 Å². The van der Waals surface area contributed by atoms with Gasteiger partial charge in [-0.3, -0.25) is 0 Å². The molecule has 13 heteroatoms. The summed E-state index contributed by atoms with van der Waals surface area (Å²) in [5.41, 5.74) is 1.63. The third-order valence-corrected chi connectivity index (χ3v) is 8.86. The summed E-state index contributed by atoms with van der Waals surface area (Å²) in [6, 6.07) is 3.98. The van der Waals surface area contributed by atoms with E-state index in [0.29, 0.717) is 79.4 Å². The standard InChI is InChI=1S/C31H44N6O6S/c1-20-17-22(34-9-11-36(12-10-34)28(38)42-30(3,4)5)18-23-25(20)41-21(2)24-26(35-13-15-44(40)16-14-35)32-19-33-27(24)37(23)29(39)43-31(6,7)8/h17-19,21H,9-16H2,1-8H3/t21-/m1/s1. The second kappa shape index (κ2) is 12.2. The molecule has 0 saturated carbocycles. The molecule has 2 aromatic rings. The molecule has 44 heavy (non-hydrogen) atoms. The summed E-state index contributed by atoms with van der Waals surface area (Å²) >= 11 is -0.859. The van der Waals surface area contributed by atoms with Gasteiger partial charge in [0.2, 0.25) is 0 Å². The van der Waals surface area contributed by atoms with Crippen molar-refractivity contribution in [2.24, 2.45) is 0 Å². The first-order chi connectivity index (χ1) is 20.6. The molecule has 3 aliphatic heterocycles. The van der Waals surface area contributed by atoms with Gasteiger partial charge in [-0.15, -0.1) is 0 Å². The molecule has 2 fully saturated rings. The number of amides is 2. The number of fused-ring (bicyclic) bond motifs is 2. The van der Waals surface area contributed by atoms with E-state index in [1.165, 1.54) is 11.2 Å². The maximum Gasteiger partial charge on any atom is 0.420 e. The Balaban J connectivity index is 1.53. The molecule has 1 aromatic heterocycles. The second-order valence-corrected chi connectivity index (χ2v) is 15.1. The lowest BCUT2D eigenvalue weighted by molar-refractivity contribution is 0.0240. The van der Waals surface area contributed by atoms with Gasteiger partial charge in [0.1, 0.15) is 46.7 Å². The number of hydrogen-bond acceptors (Lipinski definition) is 10. The van der Waals surface area contributed by atoms with E-state index in [-0.39, 0.29) is 6.09 Å². The van der Waals surface area contributed by atoms with Crippen LogP contribution in [-0.2, 0) is 20.6 Å². The first kappa shape index (κ1) is 32.0. The molecule has 5 rings (SSSR count). The van der Waals surface area contributed by atoms with E-state index in [1.807, 2.05) is 67.5 Å². The van der Waals surface area contributed by atoms with Crippen molar-refractivity contribution in [2.45, 2.75) is 72.7 Å². The van der Waals surface area contributed by atoms with Gasteiger partial charge >= 0.3 is 12.2 Å². The van der Waals surface area contributed by atoms with Gasteiger partial charge in [0.05, 0.1) is 24.3 Å². The van der Waals surface area contributed by atoms with Gasteiger partial charge < -0.3 is 33.5 Å². The number of anilines is 4. The Morgan fingerprint density at radius 1 is 0.886 bits per heavy atom. The Labute approximate surface area is 262 Å². The van der Waals surface area contributed by atoms with Crippen LogP contribution in [0.25, 0.3) is 0 Å². The third kappa shape index (κ3) is 6.93. The Morgan fingerprint density at radius 3 is 2.09 bits per heavy atom. The Hall–Kier alpha value is -3.45. The van der Waals surface area contributed by atoms with Crippen LogP contribution in [0.15, 0.2) is 18.5 Å². The molecule has 0 unspecified atom stereocenters. The Bertz CT molecular complexity index is 1390. The average Bonchev–Trinajstić information content (AvgIpc) is 3.06. The SMILES string of the molecule is Cc1cc(N2CCN(C(=O)OC(C)(C)C)CC2)cc2c1O[C@H](C)c1c(N3CC[S+]([O-])CC3)ncnc1N2C(=O)OC(C)(C)C. The fraction of sp³-hybridized carbons (Fsp3) is 0.613. The van der Waals surface area contributed by atoms with E-state index in [0.717, 1.165) is 11.3 Å². The number of piperazine rings is 1. The fourth-order valence-corrected chi connectivity index (χ4v) is 6.63. The average molecular weight is 629 g/mol. The van der Waals surface area contributed by atoms with Crippen molar-refractivity contribution in [1.82, 2.24) is 14.9 Å². The Kier molecular flexibility index (Phi) is 8.83. The van der Waals surface area contributed by atoms with Gasteiger partial charge in [-0.05, 0) is 73.1 Å². The van der Waals surface area contributed by atoms with Crippen LogP contribution in [0.5, 0.6) is 5.75 Å². The van der Waals surface area contributed by atoms with Crippen molar-refractivity contribution < 1.29 is 28.4 Å². The lowest BCUT2D eigenvalue weighted by atomic mass is 10.1. The molecule has 3 aliphatic rings. The highest BCUT2D eigenvalue weighted by atomic mass is 32.2. The van der Waals surface area contributed by atoms with E-state index >= 15 is 0 Å². The minimum Gasteiger partial charge on any atom is -0.616 e. The van der Waals surface area contributed by atoms with Gasteiger partial charge in [0.25, 0.3) is 0 Å². The van der Waals surface area contributed by atoms with Crippen molar-refractivity contribution in [1.29, 1.82) is 0 Å². The number of hydrogen-bond donors (Lipinski definition) is 0. The van der Waals surface area contributed by atoms with Crippen LogP contribution in [-0.4, -0.2) is 93.6 Å². The summed E-state index contributed by atoms with van der Waals surface area (Å²) < 4.78 is 30.2. The van der Waals surface area contributed by atoms with E-state index in [4.69, 9.17) is 14.2 Å². The van der Waals surface area contributed by atoms with E-state index < -0.39 is 34.6 Å². The molecule has 0 spiro atoms. The van der Waals surface area contributed by atoms with E-state index in [1.54, 1.807) is 4.90 Å². The van der Waals surface area contributed by atoms with Crippen molar-refractivity contribution in [3.63, 3.8) is 0 Å². The molecule has 0 aliphatic carbocycles. The highest BCUT2D eigenvalue weighted by Gasteiger charge is 2.39. The van der Waals surface area contributed by atoms with Gasteiger partial charge in [-0.2, -0.15) is 0 Å². The van der Waals surface area contributed by atoms with Gasteiger partial charge in [-0.1, -0.05) is 11.2 Å². The molecule has 2 amide bonds. The topological polar surface area (TPSA) is 124 Å². The third-order valence-electron chi connectivity index (χ3n) is 7.59. The number of aromatic nitrogens is 2. The first-order valence-electron chi connectivity index (χ1n) is 15.1. The molecule has 12 nitrogen and oxygen atoms in total. The van der Waals surface area contributed by atoms with Crippen LogP contribution < -0.4 is 19.4 Å². The first-order valence-corrected chi connectivity index (χ1v) is 16.6. The largest absolute Gasteiger partial charge is 0.616 e. The predicted octanol–water partition coefficient (Wildman–Crippen LogP) is 4.94. The molecule has 4 heterocycles. The maximum absolute atomic E-state index is 14.0. The minimum absolute atomic E-state index is 0.319. The quantitative estimate of drug-likeness (QED) is 0.423. The van der Waals surface area contributed by atoms with Crippen LogP contribution >= 0.6 is 0 Å². The van der Waals surface area contributed by atoms with Crippen LogP contribution in [0.2, 0.25) is 0 Å². The minimum atomic E-state index is -0.859. The zero-order valence-corrected chi connectivity index (χ0v) is 27.8. The van der Waals surface area contributed by atoms with Crippen LogP contribution in [0.4, 0.5) is 32.6 Å². The smallest absolute Gasteiger partial charge is 0.420 e. The second-order valence-electron chi connectivity index (χ2n) is 13.4. The zero-order chi connectivity index (χ0) is 32.0. The fourth-order valence-electron chi connectivity index (χ4n) is 5.58. The lowest BCUT2D eigenvalue weighted by Crippen LogP contribution is -2.50. The zero-order valence-electron chi connectivity index (χ0n) is 27.0. The number of aryl methyl sites for hydroxylation is 1. The normalized spacial score (nSPS) is 19.5. The molecule has 0 N–H and O–H groups in total. The predicted molar refractivity (Wildman–Crippen MR) is 171 cm³/mol. The molecule has 0 bridgehead atoms. The molecule has 240 valence electrons. The number of carbonyl (C=O) groups is 2. The van der Waals surface area contributed by atoms with Crippen molar-refractivity contribution in [3.05, 3.63) is 29.6 Å². The van der Waals surface area contributed by atoms with Gasteiger partial charge in [-0.25, -0.2) is 24.5 Å². The summed E-state index contributed by atoms with van der Waals surface area (Å²) in [7, 11) is 0. The summed E-state index contributed by atoms with van der Waals surface area (Å²) in [5, 5.41) is 0. The van der Waals surface area contributed by atoms with E-state index in [2.05, 4.69) is 19.8 Å². The summed E-state index contributed by atoms with van der Waals surface area (Å²) in [6.45, 7) is 18.3. The molecule has 1 aromatic carbocycles. The molecule has 0 radical (unpaired) electrons. The number of carbonyl (C=O) groups excluding carboxylic acids is 2. The maximum atomic E-state index is 14.0. The summed E-state index contributed by atoms with van der Waals surface area (Å²) in [4.78, 5) is 43.4. The van der Waals surface area contributed by atoms with Crippen molar-refractivity contribution >= 4 is 46.4 Å². The number of benzene rings is 1. The summed E-state index contributed by atoms with van der Waals surface area (Å²) in [6.07, 6.45) is 0.0810. The molecular weight excluding hydrogens is 584 g/mol. The highest BCUT2D eigenvalue weighted by molar-refractivity contribution is 7.91. The molecule has 1 atom stereocenters. The lowest BCUT2D eigenvalue weighted by Gasteiger charge is -2.37. The van der Waals surface area contributed by atoms with Crippen LogP contribution in [0.1, 0.15) is 65.7 Å². The number of ether oxygens (including phenoxy) is 3. The highest BCUT2D eigenvalue weighted by Crippen LogP contribution is 2.48. The van der Waals surface area contributed by atoms with Gasteiger partial charge in [0, 0.05) is 31.9 Å². The van der Waals surface area contributed by atoms with E-state index in [9.17, 15) is 14.1 Å². The Morgan fingerprint density at radius 2 is 1.48 bits per heavy atom. The summed E-state index contributed by atoms with van der Waals surface area (Å²) in [5.74, 6) is 2.72. The van der Waals surface area contributed by atoms with Crippen LogP contribution in [0, 0.1) is 6.92 Å². The van der Waals surface area contributed by atoms with Crippen molar-refractivity contribution in [2.75, 3.05) is 65.5 Å². The molecule has 2 saturated heterocycles. The van der Waals surface area contributed by atoms with Gasteiger partial charge in [0.15, 0.2) is 5.82 Å². The number of rotatable bonds is 2. The molecular formula is C31H44N6O6S. The number of nitrogens with zero attached hydrogens (tertiary/aromatic N) is 6. The van der Waals surface area contributed by atoms with Crippen molar-refractivity contribution in [3.8, 4) is 5.75 Å². The monoisotopic (exact) mass is 628 g/mol.